The first-order valence-corrected chi connectivity index (χ1v) is 5.14. The van der Waals surface area contributed by atoms with Crippen LogP contribution < -0.4 is 5.73 Å². The molecule has 0 aromatic heterocycles. The first kappa shape index (κ1) is 11.1. The molecule has 0 fully saturated rings. The van der Waals surface area contributed by atoms with Crippen LogP contribution >= 0.6 is 11.8 Å². The summed E-state index contributed by atoms with van der Waals surface area (Å²) in [6, 6.07) is 0. The van der Waals surface area contributed by atoms with Gasteiger partial charge in [0.15, 0.2) is 0 Å². The molecule has 0 saturated carbocycles. The minimum Gasteiger partial charge on any atom is -0.325 e. The van der Waals surface area contributed by atoms with E-state index in [4.69, 9.17) is 5.73 Å². The van der Waals surface area contributed by atoms with E-state index in [-0.39, 0.29) is 5.54 Å². The zero-order valence-electron chi connectivity index (χ0n) is 7.81. The first-order chi connectivity index (χ1) is 4.95. The first-order valence-electron chi connectivity index (χ1n) is 3.99. The van der Waals surface area contributed by atoms with Gasteiger partial charge in [0, 0.05) is 17.0 Å². The smallest absolute Gasteiger partial charge is 0.0188 e. The number of nitrogens with two attached hydrogens (primary N) is 1. The Labute approximate surface area is 74.4 Å². The molecule has 0 spiro atoms. The van der Waals surface area contributed by atoms with Crippen molar-refractivity contribution in [2.24, 2.45) is 5.73 Å². The minimum absolute atomic E-state index is 0.0430. The molecular weight excluding hydrogens is 154 g/mol. The van der Waals surface area contributed by atoms with Crippen molar-refractivity contribution in [2.45, 2.75) is 32.7 Å². The summed E-state index contributed by atoms with van der Waals surface area (Å²) >= 11 is 1.87. The molecule has 0 aromatic rings. The van der Waals surface area contributed by atoms with Crippen molar-refractivity contribution < 1.29 is 0 Å². The van der Waals surface area contributed by atoms with Crippen LogP contribution in [0, 0.1) is 0 Å². The fraction of sp³-hybridized carbons (Fsp3) is 0.778. The second-order valence-corrected chi connectivity index (χ2v) is 4.57. The van der Waals surface area contributed by atoms with Crippen LogP contribution in [0.1, 0.15) is 27.2 Å². The second kappa shape index (κ2) is 4.83. The zero-order valence-corrected chi connectivity index (χ0v) is 8.63. The highest BCUT2D eigenvalue weighted by atomic mass is 32.2. The summed E-state index contributed by atoms with van der Waals surface area (Å²) in [5.74, 6) is 2.06. The molecule has 0 aromatic carbocycles. The van der Waals surface area contributed by atoms with Gasteiger partial charge in [0.2, 0.25) is 0 Å². The summed E-state index contributed by atoms with van der Waals surface area (Å²) in [6.45, 7) is 10.2. The molecular formula is C9H19NS. The molecule has 11 heavy (non-hydrogen) atoms. The third-order valence-electron chi connectivity index (χ3n) is 1.28. The van der Waals surface area contributed by atoms with E-state index in [1.807, 2.05) is 11.8 Å². The Morgan fingerprint density at radius 3 is 2.45 bits per heavy atom. The molecule has 0 rings (SSSR count). The highest BCUT2D eigenvalue weighted by molar-refractivity contribution is 7.99. The van der Waals surface area contributed by atoms with Crippen LogP contribution in [-0.2, 0) is 0 Å². The standard InChI is InChI=1S/C9H19NS/c1-5-8(2)6-11-7-9(3,4)10/h2,5-7,10H2,1,3-4H3. The van der Waals surface area contributed by atoms with E-state index in [0.717, 1.165) is 17.9 Å². The van der Waals surface area contributed by atoms with Crippen molar-refractivity contribution in [3.8, 4) is 0 Å². The van der Waals surface area contributed by atoms with Crippen LogP contribution in [0.15, 0.2) is 12.2 Å². The summed E-state index contributed by atoms with van der Waals surface area (Å²) < 4.78 is 0. The van der Waals surface area contributed by atoms with Gasteiger partial charge in [0.25, 0.3) is 0 Å². The Kier molecular flexibility index (Phi) is 4.86. The molecule has 2 heteroatoms. The van der Waals surface area contributed by atoms with Crippen molar-refractivity contribution >= 4 is 11.8 Å². The normalized spacial score (nSPS) is 11.6. The lowest BCUT2D eigenvalue weighted by Crippen LogP contribution is -2.34. The summed E-state index contributed by atoms with van der Waals surface area (Å²) in [6.07, 6.45) is 1.08. The highest BCUT2D eigenvalue weighted by Gasteiger charge is 2.09. The molecule has 1 nitrogen and oxygen atoms in total. The molecule has 0 amide bonds. The van der Waals surface area contributed by atoms with Crippen LogP contribution in [-0.4, -0.2) is 17.0 Å². The molecule has 0 aliphatic carbocycles. The van der Waals surface area contributed by atoms with Crippen molar-refractivity contribution in [2.75, 3.05) is 11.5 Å². The maximum absolute atomic E-state index is 5.81. The van der Waals surface area contributed by atoms with Crippen molar-refractivity contribution in [1.82, 2.24) is 0 Å². The lowest BCUT2D eigenvalue weighted by atomic mass is 10.1. The SMILES string of the molecule is C=C(CC)CSCC(C)(C)N. The topological polar surface area (TPSA) is 26.0 Å². The monoisotopic (exact) mass is 173 g/mol. The van der Waals surface area contributed by atoms with Gasteiger partial charge in [-0.25, -0.2) is 0 Å². The Morgan fingerprint density at radius 1 is 1.55 bits per heavy atom. The number of thioether (sulfide) groups is 1. The van der Waals surface area contributed by atoms with Gasteiger partial charge in [0.05, 0.1) is 0 Å². The number of hydrogen-bond donors (Lipinski definition) is 1. The predicted octanol–water partition coefficient (Wildman–Crippen LogP) is 2.42. The zero-order chi connectivity index (χ0) is 8.91. The van der Waals surface area contributed by atoms with Crippen LogP contribution in [0.3, 0.4) is 0 Å². The molecule has 0 heterocycles. The molecule has 0 saturated heterocycles. The van der Waals surface area contributed by atoms with E-state index in [1.165, 1.54) is 5.57 Å². The van der Waals surface area contributed by atoms with E-state index < -0.39 is 0 Å². The van der Waals surface area contributed by atoms with E-state index in [1.54, 1.807) is 0 Å². The van der Waals surface area contributed by atoms with Gasteiger partial charge < -0.3 is 5.73 Å². The predicted molar refractivity (Wildman–Crippen MR) is 55.0 cm³/mol. The van der Waals surface area contributed by atoms with Gasteiger partial charge in [0.1, 0.15) is 0 Å². The average molecular weight is 173 g/mol. The Hall–Kier alpha value is 0.0500. The number of hydrogen-bond acceptors (Lipinski definition) is 2. The van der Waals surface area contributed by atoms with Crippen LogP contribution in [0.5, 0.6) is 0 Å². The molecule has 66 valence electrons. The minimum atomic E-state index is -0.0430. The lowest BCUT2D eigenvalue weighted by molar-refractivity contribution is 0.591. The van der Waals surface area contributed by atoms with Crippen molar-refractivity contribution in [1.29, 1.82) is 0 Å². The van der Waals surface area contributed by atoms with E-state index in [9.17, 15) is 0 Å². The van der Waals surface area contributed by atoms with Gasteiger partial charge in [-0.05, 0) is 20.3 Å². The largest absolute Gasteiger partial charge is 0.325 e. The second-order valence-electron chi connectivity index (χ2n) is 3.58. The maximum atomic E-state index is 5.81. The average Bonchev–Trinajstić information content (AvgIpc) is 1.85. The van der Waals surface area contributed by atoms with E-state index >= 15 is 0 Å². The van der Waals surface area contributed by atoms with Gasteiger partial charge in [-0.3, -0.25) is 0 Å². The van der Waals surface area contributed by atoms with Crippen molar-refractivity contribution in [3.63, 3.8) is 0 Å². The fourth-order valence-electron chi connectivity index (χ4n) is 0.560. The van der Waals surface area contributed by atoms with Crippen LogP contribution in [0.4, 0.5) is 0 Å². The highest BCUT2D eigenvalue weighted by Crippen LogP contribution is 2.13. The maximum Gasteiger partial charge on any atom is 0.0188 e. The Balaban J connectivity index is 3.35. The Bertz CT molecular complexity index is 124. The lowest BCUT2D eigenvalue weighted by Gasteiger charge is -2.17. The third-order valence-corrected chi connectivity index (χ3v) is 2.84. The molecule has 0 radical (unpaired) electrons. The van der Waals surface area contributed by atoms with E-state index in [2.05, 4.69) is 27.4 Å². The molecule has 0 aliphatic rings. The quantitative estimate of drug-likeness (QED) is 0.646. The van der Waals surface area contributed by atoms with E-state index in [0.29, 0.717) is 0 Å². The summed E-state index contributed by atoms with van der Waals surface area (Å²) in [5, 5.41) is 0. The molecule has 0 unspecified atom stereocenters. The summed E-state index contributed by atoms with van der Waals surface area (Å²) in [5.41, 5.74) is 7.07. The molecule has 2 N–H and O–H groups in total. The van der Waals surface area contributed by atoms with Crippen LogP contribution in [0.2, 0.25) is 0 Å². The van der Waals surface area contributed by atoms with Gasteiger partial charge >= 0.3 is 0 Å². The molecule has 0 aliphatic heterocycles. The van der Waals surface area contributed by atoms with Crippen LogP contribution in [0.25, 0.3) is 0 Å². The van der Waals surface area contributed by atoms with Gasteiger partial charge in [-0.15, -0.1) is 0 Å². The summed E-state index contributed by atoms with van der Waals surface area (Å²) in [7, 11) is 0. The van der Waals surface area contributed by atoms with Gasteiger partial charge in [-0.2, -0.15) is 11.8 Å². The van der Waals surface area contributed by atoms with Gasteiger partial charge in [-0.1, -0.05) is 19.1 Å². The third kappa shape index (κ3) is 7.95. The summed E-state index contributed by atoms with van der Waals surface area (Å²) in [4.78, 5) is 0. The van der Waals surface area contributed by atoms with Crippen molar-refractivity contribution in [3.05, 3.63) is 12.2 Å². The molecule has 0 bridgehead atoms. The number of rotatable bonds is 5. The fourth-order valence-corrected chi connectivity index (χ4v) is 1.68. The Morgan fingerprint density at radius 2 is 2.09 bits per heavy atom. The molecule has 0 atom stereocenters.